The zero-order chi connectivity index (χ0) is 26.8. The molecule has 1 aliphatic heterocycles. The van der Waals surface area contributed by atoms with Gasteiger partial charge in [-0.05, 0) is 73.6 Å². The van der Waals surface area contributed by atoms with Gasteiger partial charge >= 0.3 is 17.6 Å². The van der Waals surface area contributed by atoms with Crippen LogP contribution in [0.4, 0.5) is 34.1 Å². The lowest BCUT2D eigenvalue weighted by molar-refractivity contribution is -0.123. The van der Waals surface area contributed by atoms with Gasteiger partial charge in [0.15, 0.2) is 0 Å². The summed E-state index contributed by atoms with van der Waals surface area (Å²) < 4.78 is 43.2. The van der Waals surface area contributed by atoms with Crippen LogP contribution in [0.1, 0.15) is 19.4 Å². The Morgan fingerprint density at radius 2 is 1.73 bits per heavy atom. The van der Waals surface area contributed by atoms with Gasteiger partial charge in [0.2, 0.25) is 0 Å². The van der Waals surface area contributed by atoms with Crippen LogP contribution in [0.3, 0.4) is 0 Å². The smallest absolute Gasteiger partial charge is 0.410 e. The number of urea groups is 1. The first-order valence-electron chi connectivity index (χ1n) is 10.9. The van der Waals surface area contributed by atoms with E-state index in [0.29, 0.717) is 11.3 Å². The summed E-state index contributed by atoms with van der Waals surface area (Å²) >= 11 is -0.287. The molecule has 37 heavy (non-hydrogen) atoms. The Kier molecular flexibility index (Phi) is 7.12. The second-order valence-corrected chi connectivity index (χ2v) is 9.61. The number of thioether (sulfide) groups is 1. The van der Waals surface area contributed by atoms with Crippen LogP contribution in [0.2, 0.25) is 0 Å². The SMILES string of the molecule is CC1(C)C(=O)N(c2ccc(SC(F)(F)F)cc2)C(=O)N1Cc1ccncc1NC(=O)Oc1ccccc1. The van der Waals surface area contributed by atoms with Crippen molar-refractivity contribution in [2.45, 2.75) is 36.3 Å². The maximum atomic E-state index is 13.3. The minimum atomic E-state index is -4.45. The van der Waals surface area contributed by atoms with E-state index in [1.165, 1.54) is 41.6 Å². The second kappa shape index (κ2) is 10.1. The number of pyridine rings is 1. The van der Waals surface area contributed by atoms with Crippen LogP contribution in [0.25, 0.3) is 0 Å². The predicted octanol–water partition coefficient (Wildman–Crippen LogP) is 6.05. The molecular formula is C25H21F3N4O4S. The van der Waals surface area contributed by atoms with Crippen LogP contribution in [0.5, 0.6) is 5.75 Å². The van der Waals surface area contributed by atoms with Crippen molar-refractivity contribution in [1.29, 1.82) is 0 Å². The molecule has 0 radical (unpaired) electrons. The van der Waals surface area contributed by atoms with Crippen molar-refractivity contribution in [3.63, 3.8) is 0 Å². The number of nitrogens with zero attached hydrogens (tertiary/aromatic N) is 3. The number of rotatable bonds is 6. The summed E-state index contributed by atoms with van der Waals surface area (Å²) in [5.41, 5.74) is -4.80. The van der Waals surface area contributed by atoms with Crippen molar-refractivity contribution < 1.29 is 32.3 Å². The monoisotopic (exact) mass is 530 g/mol. The molecule has 1 fully saturated rings. The van der Waals surface area contributed by atoms with E-state index in [1.54, 1.807) is 50.2 Å². The number of halogens is 3. The summed E-state index contributed by atoms with van der Waals surface area (Å²) in [5, 5.41) is 2.60. The average molecular weight is 531 g/mol. The molecule has 2 heterocycles. The van der Waals surface area contributed by atoms with Crippen molar-refractivity contribution in [2.75, 3.05) is 10.2 Å². The number of hydrogen-bond acceptors (Lipinski definition) is 6. The number of hydrogen-bond donors (Lipinski definition) is 1. The number of amides is 4. The Morgan fingerprint density at radius 3 is 2.38 bits per heavy atom. The number of nitrogens with one attached hydrogen (secondary N) is 1. The van der Waals surface area contributed by atoms with E-state index in [0.717, 1.165) is 4.90 Å². The molecule has 0 saturated carbocycles. The number of imide groups is 1. The molecule has 4 rings (SSSR count). The molecular weight excluding hydrogens is 509 g/mol. The van der Waals surface area contributed by atoms with Gasteiger partial charge in [-0.1, -0.05) is 18.2 Å². The highest BCUT2D eigenvalue weighted by molar-refractivity contribution is 8.00. The highest BCUT2D eigenvalue weighted by Gasteiger charge is 2.52. The number of para-hydroxylation sites is 1. The molecule has 1 aromatic heterocycles. The molecule has 1 aliphatic rings. The van der Waals surface area contributed by atoms with Crippen LogP contribution < -0.4 is 15.0 Å². The summed E-state index contributed by atoms with van der Waals surface area (Å²) in [5.74, 6) is -0.206. The van der Waals surface area contributed by atoms with Crippen molar-refractivity contribution in [1.82, 2.24) is 9.88 Å². The molecule has 2 aromatic carbocycles. The first kappa shape index (κ1) is 26.0. The quantitative estimate of drug-likeness (QED) is 0.308. The lowest BCUT2D eigenvalue weighted by Crippen LogP contribution is -2.43. The first-order valence-corrected chi connectivity index (χ1v) is 11.8. The summed E-state index contributed by atoms with van der Waals surface area (Å²) in [7, 11) is 0. The van der Waals surface area contributed by atoms with Gasteiger partial charge in [0.25, 0.3) is 5.91 Å². The molecule has 12 heteroatoms. The number of carbonyl (C=O) groups is 3. The number of anilines is 2. The van der Waals surface area contributed by atoms with Gasteiger partial charge in [-0.2, -0.15) is 13.2 Å². The maximum Gasteiger partial charge on any atom is 0.446 e. The van der Waals surface area contributed by atoms with E-state index >= 15 is 0 Å². The molecule has 8 nitrogen and oxygen atoms in total. The summed E-state index contributed by atoms with van der Waals surface area (Å²) in [6.45, 7) is 3.08. The molecule has 0 bridgehead atoms. The van der Waals surface area contributed by atoms with Gasteiger partial charge in [-0.3, -0.25) is 15.1 Å². The molecule has 3 aromatic rings. The molecule has 0 spiro atoms. The van der Waals surface area contributed by atoms with Crippen LogP contribution >= 0.6 is 11.8 Å². The number of alkyl halides is 3. The van der Waals surface area contributed by atoms with Crippen molar-refractivity contribution in [3.8, 4) is 5.75 Å². The molecule has 1 saturated heterocycles. The Hall–Kier alpha value is -4.06. The molecule has 0 aliphatic carbocycles. The lowest BCUT2D eigenvalue weighted by atomic mass is 10.0. The minimum absolute atomic E-state index is 0.0560. The van der Waals surface area contributed by atoms with Crippen molar-refractivity contribution in [3.05, 3.63) is 78.6 Å². The fraction of sp³-hybridized carbons (Fsp3) is 0.200. The van der Waals surface area contributed by atoms with Gasteiger partial charge in [0.1, 0.15) is 11.3 Å². The van der Waals surface area contributed by atoms with E-state index in [-0.39, 0.29) is 34.6 Å². The fourth-order valence-electron chi connectivity index (χ4n) is 3.70. The normalized spacial score (nSPS) is 15.2. The third kappa shape index (κ3) is 5.85. The van der Waals surface area contributed by atoms with Gasteiger partial charge in [-0.25, -0.2) is 14.5 Å². The largest absolute Gasteiger partial charge is 0.446 e. The molecule has 4 amide bonds. The fourth-order valence-corrected chi connectivity index (χ4v) is 4.24. The van der Waals surface area contributed by atoms with Crippen molar-refractivity contribution >= 4 is 41.2 Å². The highest BCUT2D eigenvalue weighted by Crippen LogP contribution is 2.39. The Morgan fingerprint density at radius 1 is 1.05 bits per heavy atom. The summed E-state index contributed by atoms with van der Waals surface area (Å²) in [4.78, 5) is 45.1. The minimum Gasteiger partial charge on any atom is -0.410 e. The van der Waals surface area contributed by atoms with Crippen LogP contribution in [0, 0.1) is 0 Å². The first-order chi connectivity index (χ1) is 17.5. The summed E-state index contributed by atoms with van der Waals surface area (Å²) in [6.07, 6.45) is 2.11. The van der Waals surface area contributed by atoms with Gasteiger partial charge in [-0.15, -0.1) is 0 Å². The average Bonchev–Trinajstić information content (AvgIpc) is 3.00. The Labute approximate surface area is 214 Å². The summed E-state index contributed by atoms with van der Waals surface area (Å²) in [6, 6.07) is 14.4. The molecule has 192 valence electrons. The number of aromatic nitrogens is 1. The van der Waals surface area contributed by atoms with Gasteiger partial charge < -0.3 is 9.64 Å². The van der Waals surface area contributed by atoms with E-state index in [4.69, 9.17) is 4.74 Å². The lowest BCUT2D eigenvalue weighted by Gasteiger charge is -2.28. The van der Waals surface area contributed by atoms with E-state index in [1.807, 2.05) is 0 Å². The van der Waals surface area contributed by atoms with Crippen LogP contribution in [-0.4, -0.2) is 39.0 Å². The third-order valence-electron chi connectivity index (χ3n) is 5.58. The van der Waals surface area contributed by atoms with Gasteiger partial charge in [0, 0.05) is 11.1 Å². The number of benzene rings is 2. The topological polar surface area (TPSA) is 91.8 Å². The van der Waals surface area contributed by atoms with E-state index < -0.39 is 29.1 Å². The Bertz CT molecular complexity index is 1320. The standard InChI is InChI=1S/C25H21F3N4O4S/c1-24(2)21(33)32(17-8-10-19(11-9-17)37-25(26,27)28)23(35)31(24)15-16-12-13-29-14-20(16)30-22(34)36-18-6-4-3-5-7-18/h3-14H,15H2,1-2H3,(H,30,34). The maximum absolute atomic E-state index is 13.3. The van der Waals surface area contributed by atoms with E-state index in [2.05, 4.69) is 10.3 Å². The zero-order valence-electron chi connectivity index (χ0n) is 19.7. The highest BCUT2D eigenvalue weighted by atomic mass is 32.2. The Balaban J connectivity index is 1.53. The number of carbonyl (C=O) groups excluding carboxylic acids is 3. The van der Waals surface area contributed by atoms with Gasteiger partial charge in [0.05, 0.1) is 24.1 Å². The predicted molar refractivity (Wildman–Crippen MR) is 131 cm³/mol. The third-order valence-corrected chi connectivity index (χ3v) is 6.32. The second-order valence-electron chi connectivity index (χ2n) is 8.47. The zero-order valence-corrected chi connectivity index (χ0v) is 20.5. The van der Waals surface area contributed by atoms with Crippen LogP contribution in [0.15, 0.2) is 78.0 Å². The number of ether oxygens (including phenoxy) is 1. The van der Waals surface area contributed by atoms with Crippen LogP contribution in [-0.2, 0) is 11.3 Å². The van der Waals surface area contributed by atoms with Crippen molar-refractivity contribution in [2.24, 2.45) is 0 Å². The van der Waals surface area contributed by atoms with E-state index in [9.17, 15) is 27.6 Å². The molecule has 1 N–H and O–H groups in total. The molecule has 0 unspecified atom stereocenters. The molecule has 0 atom stereocenters.